The molecule has 1 saturated heterocycles. The van der Waals surface area contributed by atoms with Crippen molar-refractivity contribution in [1.82, 2.24) is 9.03 Å². The second-order valence-electron chi connectivity index (χ2n) is 4.94. The normalized spacial score (nSPS) is 19.9. The van der Waals surface area contributed by atoms with E-state index >= 15 is 0 Å². The smallest absolute Gasteiger partial charge is 0.279 e. The number of nitrogens with one attached hydrogen (secondary N) is 1. The minimum atomic E-state index is -3.44. The van der Waals surface area contributed by atoms with Gasteiger partial charge < -0.3 is 4.90 Å². The minimum Gasteiger partial charge on any atom is -0.370 e. The molecule has 0 radical (unpaired) electrons. The summed E-state index contributed by atoms with van der Waals surface area (Å²) in [4.78, 5) is 1.93. The summed E-state index contributed by atoms with van der Waals surface area (Å²) >= 11 is 5.65. The fourth-order valence-electron chi connectivity index (χ4n) is 2.09. The third kappa shape index (κ3) is 3.41. The molecular formula is C12H17ClFN3O2S. The fraction of sp³-hybridized carbons (Fsp3) is 0.500. The molecule has 0 aromatic heterocycles. The second kappa shape index (κ2) is 5.85. The highest BCUT2D eigenvalue weighted by molar-refractivity contribution is 7.87. The summed E-state index contributed by atoms with van der Waals surface area (Å²) in [5.41, 5.74) is 0.707. The summed E-state index contributed by atoms with van der Waals surface area (Å²) in [6.45, 7) is 1.18. The van der Waals surface area contributed by atoms with Gasteiger partial charge in [-0.2, -0.15) is 17.4 Å². The average Bonchev–Trinajstić information content (AvgIpc) is 2.80. The summed E-state index contributed by atoms with van der Waals surface area (Å²) in [7, 11) is -0.489. The van der Waals surface area contributed by atoms with Gasteiger partial charge in [-0.05, 0) is 24.6 Å². The molecule has 1 aromatic rings. The van der Waals surface area contributed by atoms with Gasteiger partial charge in [0.1, 0.15) is 5.82 Å². The van der Waals surface area contributed by atoms with Gasteiger partial charge in [0.25, 0.3) is 10.2 Å². The van der Waals surface area contributed by atoms with Gasteiger partial charge in [0.05, 0.1) is 5.02 Å². The first kappa shape index (κ1) is 15.5. The Morgan fingerprint density at radius 3 is 2.75 bits per heavy atom. The minimum absolute atomic E-state index is 0.0813. The van der Waals surface area contributed by atoms with E-state index < -0.39 is 16.0 Å². The fourth-order valence-corrected chi connectivity index (χ4v) is 3.03. The molecule has 1 aromatic carbocycles. The zero-order valence-electron chi connectivity index (χ0n) is 11.3. The van der Waals surface area contributed by atoms with Crippen LogP contribution in [-0.2, 0) is 10.2 Å². The Labute approximate surface area is 123 Å². The molecule has 112 valence electrons. The van der Waals surface area contributed by atoms with Crippen molar-refractivity contribution >= 4 is 27.5 Å². The Bertz CT molecular complexity index is 594. The highest BCUT2D eigenvalue weighted by Gasteiger charge is 2.27. The Morgan fingerprint density at radius 2 is 2.15 bits per heavy atom. The van der Waals surface area contributed by atoms with Gasteiger partial charge in [0.2, 0.25) is 0 Å². The predicted octanol–water partition coefficient (Wildman–Crippen LogP) is 1.45. The van der Waals surface area contributed by atoms with E-state index in [1.54, 1.807) is 6.07 Å². The molecule has 0 unspecified atom stereocenters. The summed E-state index contributed by atoms with van der Waals surface area (Å²) < 4.78 is 40.7. The largest absolute Gasteiger partial charge is 0.370 e. The number of rotatable bonds is 4. The molecule has 0 amide bonds. The van der Waals surface area contributed by atoms with Crippen LogP contribution < -0.4 is 9.62 Å². The molecule has 8 heteroatoms. The molecule has 0 bridgehead atoms. The Balaban J connectivity index is 2.04. The zero-order chi connectivity index (χ0) is 14.9. The molecule has 0 aliphatic carbocycles. The third-order valence-electron chi connectivity index (χ3n) is 3.25. The molecule has 0 spiro atoms. The van der Waals surface area contributed by atoms with Crippen LogP contribution in [0, 0.1) is 5.82 Å². The number of hydrogen-bond acceptors (Lipinski definition) is 3. The molecular weight excluding hydrogens is 305 g/mol. The van der Waals surface area contributed by atoms with Crippen molar-refractivity contribution in [1.29, 1.82) is 0 Å². The van der Waals surface area contributed by atoms with E-state index in [-0.39, 0.29) is 11.1 Å². The Hall–Kier alpha value is -0.890. The van der Waals surface area contributed by atoms with Crippen molar-refractivity contribution in [3.63, 3.8) is 0 Å². The summed E-state index contributed by atoms with van der Waals surface area (Å²) in [5.74, 6) is -0.471. The number of halogens is 2. The van der Waals surface area contributed by atoms with Gasteiger partial charge in [-0.1, -0.05) is 11.6 Å². The SMILES string of the molecule is CN(C)S(=O)(=O)N[C@H]1CCN(c2ccc(Cl)c(F)c2)C1. The summed E-state index contributed by atoms with van der Waals surface area (Å²) in [5, 5.41) is 0.0813. The van der Waals surface area contributed by atoms with Crippen LogP contribution in [0.1, 0.15) is 6.42 Å². The van der Waals surface area contributed by atoms with Gasteiger partial charge >= 0.3 is 0 Å². The van der Waals surface area contributed by atoms with Gasteiger partial charge in [-0.3, -0.25) is 0 Å². The standard InChI is InChI=1S/C12H17ClFN3O2S/c1-16(2)20(18,19)15-9-5-6-17(8-9)10-3-4-11(13)12(14)7-10/h3-4,7,9,15H,5-6,8H2,1-2H3/t9-/m0/s1. The molecule has 1 aliphatic heterocycles. The number of anilines is 1. The highest BCUT2D eigenvalue weighted by Crippen LogP contribution is 2.25. The molecule has 1 aliphatic rings. The van der Waals surface area contributed by atoms with Gasteiger partial charge in [-0.15, -0.1) is 0 Å². The van der Waals surface area contributed by atoms with Crippen LogP contribution in [0.25, 0.3) is 0 Å². The quantitative estimate of drug-likeness (QED) is 0.913. The maximum absolute atomic E-state index is 13.4. The van der Waals surface area contributed by atoms with E-state index in [1.807, 2.05) is 4.90 Å². The topological polar surface area (TPSA) is 52.7 Å². The van der Waals surface area contributed by atoms with Crippen molar-refractivity contribution in [2.75, 3.05) is 32.1 Å². The maximum atomic E-state index is 13.4. The van der Waals surface area contributed by atoms with Crippen molar-refractivity contribution in [3.05, 3.63) is 29.0 Å². The molecule has 0 saturated carbocycles. The lowest BCUT2D eigenvalue weighted by atomic mass is 10.3. The van der Waals surface area contributed by atoms with Gasteiger partial charge in [-0.25, -0.2) is 4.39 Å². The summed E-state index contributed by atoms with van der Waals surface area (Å²) in [6, 6.07) is 4.42. The van der Waals surface area contributed by atoms with E-state index in [9.17, 15) is 12.8 Å². The molecule has 1 N–H and O–H groups in total. The number of hydrogen-bond donors (Lipinski definition) is 1. The first-order valence-electron chi connectivity index (χ1n) is 6.19. The Kier molecular flexibility index (Phi) is 4.53. The number of nitrogens with zero attached hydrogens (tertiary/aromatic N) is 2. The van der Waals surface area contributed by atoms with E-state index in [1.165, 1.54) is 26.2 Å². The van der Waals surface area contributed by atoms with Crippen LogP contribution >= 0.6 is 11.6 Å². The predicted molar refractivity (Wildman–Crippen MR) is 77.8 cm³/mol. The Morgan fingerprint density at radius 1 is 1.45 bits per heavy atom. The molecule has 1 fully saturated rings. The number of benzene rings is 1. The van der Waals surface area contributed by atoms with Crippen LogP contribution in [0.15, 0.2) is 18.2 Å². The lowest BCUT2D eigenvalue weighted by Gasteiger charge is -2.20. The van der Waals surface area contributed by atoms with Crippen molar-refractivity contribution in [3.8, 4) is 0 Å². The lowest BCUT2D eigenvalue weighted by molar-refractivity contribution is 0.491. The van der Waals surface area contributed by atoms with E-state index in [2.05, 4.69) is 4.72 Å². The van der Waals surface area contributed by atoms with Crippen molar-refractivity contribution in [2.24, 2.45) is 0 Å². The van der Waals surface area contributed by atoms with E-state index in [0.717, 1.165) is 4.31 Å². The van der Waals surface area contributed by atoms with E-state index in [0.29, 0.717) is 25.2 Å². The van der Waals surface area contributed by atoms with Crippen LogP contribution in [0.4, 0.5) is 10.1 Å². The second-order valence-corrected chi connectivity index (χ2v) is 7.26. The summed E-state index contributed by atoms with van der Waals surface area (Å²) in [6.07, 6.45) is 0.678. The average molecular weight is 322 g/mol. The molecule has 20 heavy (non-hydrogen) atoms. The van der Waals surface area contributed by atoms with Crippen LogP contribution in [-0.4, -0.2) is 45.9 Å². The highest BCUT2D eigenvalue weighted by atomic mass is 35.5. The van der Waals surface area contributed by atoms with Crippen LogP contribution in [0.2, 0.25) is 5.02 Å². The van der Waals surface area contributed by atoms with Gasteiger partial charge in [0, 0.05) is 38.9 Å². The maximum Gasteiger partial charge on any atom is 0.279 e. The first-order chi connectivity index (χ1) is 9.29. The zero-order valence-corrected chi connectivity index (χ0v) is 12.9. The van der Waals surface area contributed by atoms with Crippen molar-refractivity contribution < 1.29 is 12.8 Å². The lowest BCUT2D eigenvalue weighted by Crippen LogP contribution is -2.43. The third-order valence-corrected chi connectivity index (χ3v) is 5.15. The van der Waals surface area contributed by atoms with Crippen molar-refractivity contribution in [2.45, 2.75) is 12.5 Å². The molecule has 1 heterocycles. The molecule has 2 rings (SSSR count). The van der Waals surface area contributed by atoms with Crippen LogP contribution in [0.5, 0.6) is 0 Å². The van der Waals surface area contributed by atoms with Gasteiger partial charge in [0.15, 0.2) is 0 Å². The monoisotopic (exact) mass is 321 g/mol. The molecule has 5 nitrogen and oxygen atoms in total. The van der Waals surface area contributed by atoms with Crippen LogP contribution in [0.3, 0.4) is 0 Å². The van der Waals surface area contributed by atoms with E-state index in [4.69, 9.17) is 11.6 Å². The first-order valence-corrected chi connectivity index (χ1v) is 8.01. The molecule has 1 atom stereocenters.